The van der Waals surface area contributed by atoms with E-state index in [1.54, 1.807) is 0 Å². The predicted molar refractivity (Wildman–Crippen MR) is 279 cm³/mol. The lowest BCUT2D eigenvalue weighted by atomic mass is 9.72. The van der Waals surface area contributed by atoms with Crippen LogP contribution in [0, 0.1) is 6.92 Å². The normalized spacial score (nSPS) is 15.4. The van der Waals surface area contributed by atoms with E-state index in [1.165, 1.54) is 88.5 Å². The van der Waals surface area contributed by atoms with Crippen molar-refractivity contribution < 1.29 is 8.83 Å². The Morgan fingerprint density at radius 1 is 0.373 bits per heavy atom. The fourth-order valence-electron chi connectivity index (χ4n) is 12.9. The Kier molecular flexibility index (Phi) is 7.52. The van der Waals surface area contributed by atoms with E-state index in [4.69, 9.17) is 8.83 Å². The maximum absolute atomic E-state index is 6.98. The highest BCUT2D eigenvalue weighted by Crippen LogP contribution is 2.64. The minimum Gasteiger partial charge on any atom is -0.455 e. The second kappa shape index (κ2) is 13.0. The van der Waals surface area contributed by atoms with Crippen molar-refractivity contribution in [3.8, 4) is 44.5 Å². The summed E-state index contributed by atoms with van der Waals surface area (Å²) in [4.78, 5) is 2.48. The summed E-state index contributed by atoms with van der Waals surface area (Å²) in [5.74, 6) is 0. The molecule has 0 radical (unpaired) electrons. The van der Waals surface area contributed by atoms with Crippen molar-refractivity contribution in [3.63, 3.8) is 0 Å². The Labute approximate surface area is 390 Å². The predicted octanol–water partition coefficient (Wildman–Crippen LogP) is 17.8. The van der Waals surface area contributed by atoms with Gasteiger partial charge in [-0.3, -0.25) is 0 Å². The summed E-state index contributed by atoms with van der Waals surface area (Å²) in [6.07, 6.45) is 0. The molecule has 0 N–H and O–H groups in total. The van der Waals surface area contributed by atoms with Gasteiger partial charge in [-0.25, -0.2) is 0 Å². The van der Waals surface area contributed by atoms with Crippen LogP contribution in [0.15, 0.2) is 179 Å². The van der Waals surface area contributed by atoms with E-state index in [1.807, 2.05) is 0 Å². The first-order chi connectivity index (χ1) is 32.4. The molecule has 0 amide bonds. The molecule has 0 saturated carbocycles. The quantitative estimate of drug-likeness (QED) is 0.177. The molecule has 2 heterocycles. The number of rotatable bonds is 4. The smallest absolute Gasteiger partial charge is 0.144 e. The fraction of sp³-hybridized carbons (Fsp3) is 0.156. The van der Waals surface area contributed by atoms with Crippen molar-refractivity contribution in [2.45, 2.75) is 64.7 Å². The molecule has 0 atom stereocenters. The van der Waals surface area contributed by atoms with Crippen LogP contribution >= 0.6 is 0 Å². The average Bonchev–Trinajstić information content (AvgIpc) is 4.08. The zero-order valence-electron chi connectivity index (χ0n) is 38.9. The van der Waals surface area contributed by atoms with Gasteiger partial charge in [-0.05, 0) is 134 Å². The third-order valence-corrected chi connectivity index (χ3v) is 16.0. The molecule has 0 bridgehead atoms. The maximum Gasteiger partial charge on any atom is 0.144 e. The van der Waals surface area contributed by atoms with Crippen molar-refractivity contribution in [2.75, 3.05) is 4.90 Å². The molecule has 0 unspecified atom stereocenters. The van der Waals surface area contributed by atoms with E-state index >= 15 is 0 Å². The average molecular weight is 864 g/mol. The van der Waals surface area contributed by atoms with Gasteiger partial charge >= 0.3 is 0 Å². The van der Waals surface area contributed by atoms with E-state index in [0.717, 1.165) is 55.9 Å². The summed E-state index contributed by atoms with van der Waals surface area (Å²) in [6, 6.07) is 62.7. The first-order valence-electron chi connectivity index (χ1n) is 23.8. The van der Waals surface area contributed by atoms with Crippen molar-refractivity contribution in [1.29, 1.82) is 0 Å². The molecule has 322 valence electrons. The highest BCUT2D eigenvalue weighted by molar-refractivity contribution is 6.21. The Morgan fingerprint density at radius 2 is 0.910 bits per heavy atom. The number of aryl methyl sites for hydroxylation is 1. The number of benzene rings is 9. The lowest BCUT2D eigenvalue weighted by Gasteiger charge is -2.32. The Morgan fingerprint density at radius 3 is 1.61 bits per heavy atom. The molecular weight excluding hydrogens is 815 g/mol. The zero-order valence-corrected chi connectivity index (χ0v) is 38.9. The third kappa shape index (κ3) is 4.96. The number of hydrogen-bond donors (Lipinski definition) is 0. The molecule has 3 aliphatic rings. The van der Waals surface area contributed by atoms with Crippen molar-refractivity contribution in [1.82, 2.24) is 0 Å². The molecule has 14 rings (SSSR count). The molecule has 3 nitrogen and oxygen atoms in total. The second-order valence-electron chi connectivity index (χ2n) is 20.9. The van der Waals surface area contributed by atoms with Gasteiger partial charge in [-0.2, -0.15) is 0 Å². The van der Waals surface area contributed by atoms with Gasteiger partial charge in [0.15, 0.2) is 0 Å². The number of furan rings is 2. The molecule has 3 heteroatoms. The number of para-hydroxylation sites is 2. The van der Waals surface area contributed by atoms with E-state index in [9.17, 15) is 0 Å². The summed E-state index contributed by atoms with van der Waals surface area (Å²) in [6.45, 7) is 16.7. The van der Waals surface area contributed by atoms with Crippen LogP contribution < -0.4 is 4.90 Å². The van der Waals surface area contributed by atoms with Gasteiger partial charge in [0.25, 0.3) is 0 Å². The molecule has 0 fully saturated rings. The Hall–Kier alpha value is -7.62. The second-order valence-corrected chi connectivity index (χ2v) is 20.9. The molecule has 2 aromatic heterocycles. The highest BCUT2D eigenvalue weighted by Gasteiger charge is 2.49. The van der Waals surface area contributed by atoms with E-state index < -0.39 is 0 Å². The van der Waals surface area contributed by atoms with Crippen LogP contribution in [0.25, 0.3) is 88.4 Å². The lowest BCUT2D eigenvalue weighted by Crippen LogP contribution is -2.24. The highest BCUT2D eigenvalue weighted by atomic mass is 16.3. The van der Waals surface area contributed by atoms with Gasteiger partial charge in [0.2, 0.25) is 0 Å². The largest absolute Gasteiger partial charge is 0.455 e. The fourth-order valence-corrected chi connectivity index (χ4v) is 12.9. The van der Waals surface area contributed by atoms with E-state index in [2.05, 4.69) is 223 Å². The van der Waals surface area contributed by atoms with E-state index in [0.29, 0.717) is 0 Å². The molecule has 9 aromatic carbocycles. The molecule has 0 saturated heterocycles. The van der Waals surface area contributed by atoms with Gasteiger partial charge in [0.1, 0.15) is 22.3 Å². The minimum atomic E-state index is -0.314. The van der Waals surface area contributed by atoms with Crippen LogP contribution in [-0.2, 0) is 16.2 Å². The van der Waals surface area contributed by atoms with Crippen molar-refractivity contribution in [3.05, 3.63) is 209 Å². The molecule has 67 heavy (non-hydrogen) atoms. The van der Waals surface area contributed by atoms with Crippen molar-refractivity contribution in [2.24, 2.45) is 0 Å². The van der Waals surface area contributed by atoms with E-state index in [-0.39, 0.29) is 16.2 Å². The first kappa shape index (κ1) is 38.6. The number of nitrogens with zero attached hydrogens (tertiary/aromatic N) is 1. The minimum absolute atomic E-state index is 0.218. The van der Waals surface area contributed by atoms with Gasteiger partial charge in [0.05, 0.1) is 0 Å². The summed E-state index contributed by atoms with van der Waals surface area (Å²) in [5.41, 5.74) is 25.7. The SMILES string of the molecule is Cc1cccc(N(c2ccc3c(c2)C(C)(C)c2cc(-c4ccccc4)c4oc5ccccc5c4c2-3)c2ccc3c(c2)C(C)(C)c2c4c(c5oc6ccccc6c5c2-3)-c2ccccc2C4(C)C)c1. The molecule has 0 spiro atoms. The zero-order chi connectivity index (χ0) is 45.3. The summed E-state index contributed by atoms with van der Waals surface area (Å²) < 4.78 is 13.8. The number of anilines is 3. The van der Waals surface area contributed by atoms with Crippen LogP contribution in [0.1, 0.15) is 80.5 Å². The topological polar surface area (TPSA) is 29.5 Å². The lowest BCUT2D eigenvalue weighted by molar-refractivity contribution is 0.600. The van der Waals surface area contributed by atoms with Crippen LogP contribution in [0.5, 0.6) is 0 Å². The monoisotopic (exact) mass is 863 g/mol. The maximum atomic E-state index is 6.98. The summed E-state index contributed by atoms with van der Waals surface area (Å²) >= 11 is 0. The van der Waals surface area contributed by atoms with Gasteiger partial charge in [-0.15, -0.1) is 0 Å². The van der Waals surface area contributed by atoms with Crippen LogP contribution in [-0.4, -0.2) is 0 Å². The van der Waals surface area contributed by atoms with Crippen LogP contribution in [0.2, 0.25) is 0 Å². The number of fused-ring (bicyclic) bond motifs is 19. The summed E-state index contributed by atoms with van der Waals surface area (Å²) in [5, 5.41) is 4.74. The van der Waals surface area contributed by atoms with Crippen molar-refractivity contribution >= 4 is 60.9 Å². The Bertz CT molecular complexity index is 3970. The first-order valence-corrected chi connectivity index (χ1v) is 23.8. The summed E-state index contributed by atoms with van der Waals surface area (Å²) in [7, 11) is 0. The van der Waals surface area contributed by atoms with Gasteiger partial charge < -0.3 is 13.7 Å². The molecule has 3 aliphatic carbocycles. The molecular formula is C64H49NO2. The van der Waals surface area contributed by atoms with Gasteiger partial charge in [0, 0.05) is 66.0 Å². The Balaban J connectivity index is 0.990. The van der Waals surface area contributed by atoms with Crippen LogP contribution in [0.3, 0.4) is 0 Å². The third-order valence-electron chi connectivity index (χ3n) is 16.0. The number of hydrogen-bond acceptors (Lipinski definition) is 3. The molecule has 0 aliphatic heterocycles. The standard InChI is InChI=1S/C64H49NO2/c1-36-18-17-21-38(32-36)65(39-28-30-42-48(33-39)62(2,3)50-35-46(37-19-9-8-10-20-37)60-55(53(42)50)44-23-12-15-26-51(44)66-60)40-29-31-43-49(34-40)64(6,7)58-54(43)56-45-24-13-16-27-52(45)67-61(56)57-41-22-11-14-25-47(41)63(4,5)59(57)58/h8-35H,1-7H3. The molecule has 11 aromatic rings. The van der Waals surface area contributed by atoms with Crippen LogP contribution in [0.4, 0.5) is 17.1 Å². The van der Waals surface area contributed by atoms with Gasteiger partial charge in [-0.1, -0.05) is 157 Å².